The molecule has 0 atom stereocenters. The van der Waals surface area contributed by atoms with Gasteiger partial charge in [0.1, 0.15) is 0 Å². The van der Waals surface area contributed by atoms with Crippen molar-refractivity contribution in [3.8, 4) is 0 Å². The molecule has 1 rings (SSSR count). The van der Waals surface area contributed by atoms with Crippen LogP contribution in [0.25, 0.3) is 0 Å². The van der Waals surface area contributed by atoms with Gasteiger partial charge >= 0.3 is 0 Å². The van der Waals surface area contributed by atoms with Crippen molar-refractivity contribution < 1.29 is 4.18 Å². The number of hydrogen-bond acceptors (Lipinski definition) is 3. The molecule has 0 aliphatic rings. The molecule has 0 spiro atoms. The average molecular weight is 368 g/mol. The van der Waals surface area contributed by atoms with Crippen molar-refractivity contribution in [1.29, 1.82) is 0 Å². The van der Waals surface area contributed by atoms with Gasteiger partial charge in [0.05, 0.1) is 25.2 Å². The van der Waals surface area contributed by atoms with Crippen LogP contribution in [-0.4, -0.2) is 17.1 Å². The number of nitrogens with zero attached hydrogens (tertiary/aromatic N) is 1. The third-order valence-electron chi connectivity index (χ3n) is 1.64. The summed E-state index contributed by atoms with van der Waals surface area (Å²) in [5, 5.41) is 1.24. The first-order chi connectivity index (χ1) is 7.72. The fourth-order valence-electron chi connectivity index (χ4n) is 0.919. The van der Waals surface area contributed by atoms with E-state index in [1.807, 2.05) is 24.3 Å². The van der Waals surface area contributed by atoms with E-state index in [-0.39, 0.29) is 0 Å². The molecule has 0 radical (unpaired) electrons. The van der Waals surface area contributed by atoms with E-state index >= 15 is 0 Å². The van der Waals surface area contributed by atoms with E-state index in [0.29, 0.717) is 18.3 Å². The van der Waals surface area contributed by atoms with Gasteiger partial charge in [-0.25, -0.2) is 0 Å². The highest BCUT2D eigenvalue weighted by Crippen LogP contribution is 2.12. The lowest BCUT2D eigenvalue weighted by molar-refractivity contribution is 0.412. The molecular formula is C10H12Br2N2OS. The summed E-state index contributed by atoms with van der Waals surface area (Å²) in [7, 11) is 0. The third-order valence-corrected chi connectivity index (χ3v) is 3.07. The van der Waals surface area contributed by atoms with Gasteiger partial charge < -0.3 is 9.92 Å². The Morgan fingerprint density at radius 1 is 1.38 bits per heavy atom. The molecule has 16 heavy (non-hydrogen) atoms. The summed E-state index contributed by atoms with van der Waals surface area (Å²) in [5.74, 6) is 0. The molecule has 6 heteroatoms. The number of hydrogen-bond donors (Lipinski definition) is 1. The highest BCUT2D eigenvalue weighted by atomic mass is 79.9. The highest BCUT2D eigenvalue weighted by molar-refractivity contribution is 9.10. The van der Waals surface area contributed by atoms with Crippen LogP contribution in [0.4, 0.5) is 0 Å². The van der Waals surface area contributed by atoms with Crippen LogP contribution in [0.15, 0.2) is 33.7 Å². The van der Waals surface area contributed by atoms with Gasteiger partial charge in [-0.2, -0.15) is 0 Å². The monoisotopic (exact) mass is 366 g/mol. The number of amidine groups is 1. The number of aliphatic imine (C=N–C) groups is 1. The maximum atomic E-state index is 5.66. The van der Waals surface area contributed by atoms with Gasteiger partial charge in [-0.05, 0) is 17.7 Å². The van der Waals surface area contributed by atoms with Gasteiger partial charge in [-0.1, -0.05) is 44.0 Å². The zero-order valence-electron chi connectivity index (χ0n) is 8.53. The second kappa shape index (κ2) is 8.11. The quantitative estimate of drug-likeness (QED) is 0.285. The molecule has 88 valence electrons. The molecule has 0 heterocycles. The molecular weight excluding hydrogens is 356 g/mol. The fraction of sp³-hybridized carbons (Fsp3) is 0.300. The maximum Gasteiger partial charge on any atom is 0.181 e. The number of benzene rings is 1. The lowest BCUT2D eigenvalue weighted by Gasteiger charge is -2.00. The molecule has 0 saturated carbocycles. The Kier molecular flexibility index (Phi) is 7.11. The minimum Gasteiger partial charge on any atom is -0.377 e. The molecule has 0 bridgehead atoms. The van der Waals surface area contributed by atoms with Crippen LogP contribution in [0.3, 0.4) is 0 Å². The smallest absolute Gasteiger partial charge is 0.181 e. The van der Waals surface area contributed by atoms with E-state index in [4.69, 9.17) is 9.92 Å². The first-order valence-electron chi connectivity index (χ1n) is 4.62. The van der Waals surface area contributed by atoms with Crippen molar-refractivity contribution in [2.45, 2.75) is 6.54 Å². The molecule has 1 aromatic rings. The first-order valence-corrected chi connectivity index (χ1v) is 7.28. The summed E-state index contributed by atoms with van der Waals surface area (Å²) in [5.41, 5.74) is 6.77. The van der Waals surface area contributed by atoms with Crippen molar-refractivity contribution >= 4 is 49.1 Å². The van der Waals surface area contributed by atoms with Gasteiger partial charge in [-0.15, -0.1) is 0 Å². The zero-order chi connectivity index (χ0) is 11.8. The first kappa shape index (κ1) is 14.0. The lowest BCUT2D eigenvalue weighted by atomic mass is 10.2. The zero-order valence-corrected chi connectivity index (χ0v) is 12.5. The van der Waals surface area contributed by atoms with Gasteiger partial charge in [0, 0.05) is 9.80 Å². The Balaban J connectivity index is 2.37. The molecule has 1 aromatic carbocycles. The Bertz CT molecular complexity index is 343. The van der Waals surface area contributed by atoms with Gasteiger partial charge in [0.15, 0.2) is 5.17 Å². The number of rotatable bonds is 5. The standard InChI is InChI=1S/C10H12Br2N2OS/c11-5-6-15-16-10(13)14-7-8-1-3-9(12)4-2-8/h1-4H,5-7H2,(H2,13,14). The minimum atomic E-state index is 0.448. The van der Waals surface area contributed by atoms with Crippen LogP contribution in [0.5, 0.6) is 0 Å². The topological polar surface area (TPSA) is 47.6 Å². The summed E-state index contributed by atoms with van der Waals surface area (Å²) in [4.78, 5) is 4.20. The summed E-state index contributed by atoms with van der Waals surface area (Å²) < 4.78 is 6.22. The van der Waals surface area contributed by atoms with Crippen LogP contribution >= 0.6 is 43.9 Å². The largest absolute Gasteiger partial charge is 0.377 e. The predicted molar refractivity (Wildman–Crippen MR) is 76.8 cm³/mol. The summed E-state index contributed by atoms with van der Waals surface area (Å²) in [6, 6.07) is 7.97. The fourth-order valence-corrected chi connectivity index (χ4v) is 1.96. The predicted octanol–water partition coefficient (Wildman–Crippen LogP) is 3.32. The summed E-state index contributed by atoms with van der Waals surface area (Å²) in [6.07, 6.45) is 0. The molecule has 0 amide bonds. The van der Waals surface area contributed by atoms with Crippen molar-refractivity contribution in [3.63, 3.8) is 0 Å². The van der Waals surface area contributed by atoms with Crippen molar-refractivity contribution in [2.75, 3.05) is 11.9 Å². The van der Waals surface area contributed by atoms with Crippen LogP contribution in [0, 0.1) is 0 Å². The van der Waals surface area contributed by atoms with E-state index in [9.17, 15) is 0 Å². The van der Waals surface area contributed by atoms with Crippen LogP contribution < -0.4 is 5.73 Å². The maximum absolute atomic E-state index is 5.66. The molecule has 2 N–H and O–H groups in total. The summed E-state index contributed by atoms with van der Waals surface area (Å²) >= 11 is 7.75. The highest BCUT2D eigenvalue weighted by Gasteiger charge is 1.96. The van der Waals surface area contributed by atoms with E-state index in [1.165, 1.54) is 0 Å². The molecule has 0 aliphatic carbocycles. The Hall–Kier alpha value is -0.0400. The molecule has 0 fully saturated rings. The molecule has 3 nitrogen and oxygen atoms in total. The van der Waals surface area contributed by atoms with Gasteiger partial charge in [0.25, 0.3) is 0 Å². The molecule has 0 saturated heterocycles. The van der Waals surface area contributed by atoms with Crippen LogP contribution in [-0.2, 0) is 10.7 Å². The van der Waals surface area contributed by atoms with Crippen molar-refractivity contribution in [3.05, 3.63) is 34.3 Å². The minimum absolute atomic E-state index is 0.448. The second-order valence-corrected chi connectivity index (χ2v) is 5.40. The molecule has 0 unspecified atom stereocenters. The van der Waals surface area contributed by atoms with E-state index < -0.39 is 0 Å². The van der Waals surface area contributed by atoms with Gasteiger partial charge in [0.2, 0.25) is 0 Å². The molecule has 0 aliphatic heterocycles. The average Bonchev–Trinajstić information content (AvgIpc) is 2.29. The van der Waals surface area contributed by atoms with E-state index in [1.54, 1.807) is 0 Å². The second-order valence-electron chi connectivity index (χ2n) is 2.88. The number of nitrogens with two attached hydrogens (primary N) is 1. The van der Waals surface area contributed by atoms with Gasteiger partial charge in [-0.3, -0.25) is 4.99 Å². The Labute approximate surface area is 116 Å². The molecule has 0 aromatic heterocycles. The van der Waals surface area contributed by atoms with Crippen molar-refractivity contribution in [2.24, 2.45) is 10.7 Å². The third kappa shape index (κ3) is 5.89. The normalized spacial score (nSPS) is 11.8. The SMILES string of the molecule is NC(=NCc1ccc(Br)cc1)SOCCBr. The van der Waals surface area contributed by atoms with E-state index in [0.717, 1.165) is 27.4 Å². The van der Waals surface area contributed by atoms with Crippen molar-refractivity contribution in [1.82, 2.24) is 0 Å². The van der Waals surface area contributed by atoms with Crippen LogP contribution in [0.2, 0.25) is 0 Å². The Morgan fingerprint density at radius 2 is 2.06 bits per heavy atom. The summed E-state index contributed by atoms with van der Waals surface area (Å²) in [6.45, 7) is 1.18. The lowest BCUT2D eigenvalue weighted by Crippen LogP contribution is -2.08. The number of alkyl halides is 1. The number of halogens is 2. The van der Waals surface area contributed by atoms with E-state index in [2.05, 4.69) is 36.9 Å². The van der Waals surface area contributed by atoms with Crippen LogP contribution in [0.1, 0.15) is 5.56 Å². The Morgan fingerprint density at radius 3 is 2.69 bits per heavy atom.